The Labute approximate surface area is 113 Å². The highest BCUT2D eigenvalue weighted by molar-refractivity contribution is 5.70. The molecule has 0 aliphatic carbocycles. The Kier molecular flexibility index (Phi) is 3.21. The lowest BCUT2D eigenvalue weighted by Gasteiger charge is -2.31. The first-order valence-corrected chi connectivity index (χ1v) is 6.67. The van der Waals surface area contributed by atoms with E-state index in [-0.39, 0.29) is 0 Å². The smallest absolute Gasteiger partial charge is 0.132 e. The second-order valence-electron chi connectivity index (χ2n) is 5.18. The zero-order valence-electron chi connectivity index (χ0n) is 11.2. The van der Waals surface area contributed by atoms with Crippen molar-refractivity contribution in [3.63, 3.8) is 0 Å². The number of nitrogen functional groups attached to an aromatic ring is 1. The van der Waals surface area contributed by atoms with Crippen LogP contribution in [0.25, 0.3) is 11.3 Å². The summed E-state index contributed by atoms with van der Waals surface area (Å²) >= 11 is 0. The average molecular weight is 257 g/mol. The van der Waals surface area contributed by atoms with Crippen LogP contribution in [0, 0.1) is 0 Å². The molecular formula is C14H19N5. The minimum atomic E-state index is 0.468. The molecule has 1 atom stereocenters. The highest BCUT2D eigenvalue weighted by Gasteiger charge is 2.21. The van der Waals surface area contributed by atoms with Crippen LogP contribution in [0.4, 0.5) is 5.82 Å². The fraction of sp³-hybridized carbons (Fsp3) is 0.429. The molecule has 1 unspecified atom stereocenters. The van der Waals surface area contributed by atoms with Gasteiger partial charge in [0.15, 0.2) is 0 Å². The largest absolute Gasteiger partial charge is 0.383 e. The lowest BCUT2D eigenvalue weighted by atomic mass is 10.1. The number of likely N-dealkylation sites (N-methyl/N-ethyl adjacent to an activating group) is 1. The van der Waals surface area contributed by atoms with Gasteiger partial charge in [0.2, 0.25) is 0 Å². The number of hydrogen-bond donors (Lipinski definition) is 1. The Balaban J connectivity index is 1.96. The maximum atomic E-state index is 5.97. The summed E-state index contributed by atoms with van der Waals surface area (Å²) in [5, 5.41) is 0. The van der Waals surface area contributed by atoms with E-state index in [2.05, 4.69) is 26.5 Å². The van der Waals surface area contributed by atoms with E-state index in [4.69, 9.17) is 5.73 Å². The predicted octanol–water partition coefficient (Wildman–Crippen LogP) is 1.79. The highest BCUT2D eigenvalue weighted by Crippen LogP contribution is 2.29. The summed E-state index contributed by atoms with van der Waals surface area (Å²) in [6.07, 6.45) is 7.91. The van der Waals surface area contributed by atoms with Crippen molar-refractivity contribution in [3.8, 4) is 11.3 Å². The molecule has 0 spiro atoms. The molecule has 1 aliphatic rings. The number of anilines is 1. The van der Waals surface area contributed by atoms with Gasteiger partial charge in [0, 0.05) is 24.3 Å². The Bertz CT molecular complexity index is 562. The molecule has 3 rings (SSSR count). The number of aromatic nitrogens is 3. The molecule has 3 heterocycles. The lowest BCUT2D eigenvalue weighted by Crippen LogP contribution is -2.33. The van der Waals surface area contributed by atoms with Gasteiger partial charge in [0.1, 0.15) is 5.82 Å². The quantitative estimate of drug-likeness (QED) is 0.891. The fourth-order valence-corrected chi connectivity index (χ4v) is 2.80. The van der Waals surface area contributed by atoms with Crippen LogP contribution in [0.15, 0.2) is 30.9 Å². The monoisotopic (exact) mass is 257 g/mol. The molecule has 1 saturated heterocycles. The van der Waals surface area contributed by atoms with Gasteiger partial charge in [-0.05, 0) is 38.6 Å². The number of rotatable bonds is 2. The van der Waals surface area contributed by atoms with E-state index in [0.717, 1.165) is 17.8 Å². The Morgan fingerprint density at radius 1 is 1.42 bits per heavy atom. The molecule has 2 aromatic rings. The Hall–Kier alpha value is -1.88. The van der Waals surface area contributed by atoms with Gasteiger partial charge in [0.05, 0.1) is 18.2 Å². The Morgan fingerprint density at radius 2 is 2.32 bits per heavy atom. The van der Waals surface area contributed by atoms with Gasteiger partial charge in [-0.3, -0.25) is 0 Å². The van der Waals surface area contributed by atoms with Crippen molar-refractivity contribution in [2.45, 2.75) is 18.9 Å². The van der Waals surface area contributed by atoms with E-state index in [1.54, 1.807) is 6.20 Å². The third kappa shape index (κ3) is 2.33. The number of likely N-dealkylation sites (tertiary alicyclic amines) is 1. The second kappa shape index (κ2) is 5.01. The maximum absolute atomic E-state index is 5.97. The lowest BCUT2D eigenvalue weighted by molar-refractivity contribution is 0.213. The molecule has 1 aliphatic heterocycles. The number of piperidine rings is 1. The zero-order chi connectivity index (χ0) is 13.2. The standard InChI is InChI=1S/C14H19N5/c1-18-7-3-4-11(9-18)19-10-16-8-13(19)12-5-2-6-17-14(12)15/h2,5-6,8,10-11H,3-4,7,9H2,1H3,(H2,15,17). The van der Waals surface area contributed by atoms with Crippen LogP contribution >= 0.6 is 0 Å². The number of pyridine rings is 1. The summed E-state index contributed by atoms with van der Waals surface area (Å²) in [6.45, 7) is 2.24. The van der Waals surface area contributed by atoms with E-state index in [1.165, 1.54) is 19.4 Å². The van der Waals surface area contributed by atoms with Crippen molar-refractivity contribution in [2.75, 3.05) is 25.9 Å². The zero-order valence-corrected chi connectivity index (χ0v) is 11.2. The minimum absolute atomic E-state index is 0.468. The van der Waals surface area contributed by atoms with Gasteiger partial charge >= 0.3 is 0 Å². The van der Waals surface area contributed by atoms with Crippen molar-refractivity contribution in [1.82, 2.24) is 19.4 Å². The number of imidazole rings is 1. The van der Waals surface area contributed by atoms with Crippen LogP contribution in [0.1, 0.15) is 18.9 Å². The molecule has 0 bridgehead atoms. The first-order chi connectivity index (χ1) is 9.25. The van der Waals surface area contributed by atoms with Crippen molar-refractivity contribution in [1.29, 1.82) is 0 Å². The van der Waals surface area contributed by atoms with E-state index >= 15 is 0 Å². The maximum Gasteiger partial charge on any atom is 0.132 e. The summed E-state index contributed by atoms with van der Waals surface area (Å²) in [7, 11) is 2.17. The van der Waals surface area contributed by atoms with E-state index < -0.39 is 0 Å². The van der Waals surface area contributed by atoms with Gasteiger partial charge in [-0.15, -0.1) is 0 Å². The summed E-state index contributed by atoms with van der Waals surface area (Å²) < 4.78 is 2.24. The first-order valence-electron chi connectivity index (χ1n) is 6.67. The summed E-state index contributed by atoms with van der Waals surface area (Å²) in [5.41, 5.74) is 8.00. The number of hydrogen-bond acceptors (Lipinski definition) is 4. The van der Waals surface area contributed by atoms with Crippen LogP contribution in [0.3, 0.4) is 0 Å². The van der Waals surface area contributed by atoms with Crippen LogP contribution in [0.2, 0.25) is 0 Å². The third-order valence-corrected chi connectivity index (χ3v) is 3.77. The van der Waals surface area contributed by atoms with E-state index in [9.17, 15) is 0 Å². The molecule has 5 heteroatoms. The molecule has 2 aromatic heterocycles. The minimum Gasteiger partial charge on any atom is -0.383 e. The first kappa shape index (κ1) is 12.2. The molecule has 0 amide bonds. The average Bonchev–Trinajstić information content (AvgIpc) is 2.88. The van der Waals surface area contributed by atoms with E-state index in [0.29, 0.717) is 11.9 Å². The van der Waals surface area contributed by atoms with Crippen molar-refractivity contribution in [3.05, 3.63) is 30.9 Å². The summed E-state index contributed by atoms with van der Waals surface area (Å²) in [5.74, 6) is 0.563. The second-order valence-corrected chi connectivity index (χ2v) is 5.18. The van der Waals surface area contributed by atoms with Gasteiger partial charge in [-0.2, -0.15) is 0 Å². The SMILES string of the molecule is CN1CCCC(n2cncc2-c2cccnc2N)C1. The molecule has 0 aromatic carbocycles. The predicted molar refractivity (Wildman–Crippen MR) is 75.6 cm³/mol. The highest BCUT2D eigenvalue weighted by atomic mass is 15.2. The third-order valence-electron chi connectivity index (χ3n) is 3.77. The molecule has 2 N–H and O–H groups in total. The van der Waals surface area contributed by atoms with E-state index in [1.807, 2.05) is 24.7 Å². The van der Waals surface area contributed by atoms with Gasteiger partial charge in [-0.1, -0.05) is 0 Å². The van der Waals surface area contributed by atoms with Gasteiger partial charge in [-0.25, -0.2) is 9.97 Å². The van der Waals surface area contributed by atoms with Crippen LogP contribution in [-0.4, -0.2) is 39.6 Å². The van der Waals surface area contributed by atoms with Crippen molar-refractivity contribution < 1.29 is 0 Å². The molecule has 0 saturated carbocycles. The molecule has 19 heavy (non-hydrogen) atoms. The van der Waals surface area contributed by atoms with Crippen LogP contribution < -0.4 is 5.73 Å². The summed E-state index contributed by atoms with van der Waals surface area (Å²) in [4.78, 5) is 10.8. The summed E-state index contributed by atoms with van der Waals surface area (Å²) in [6, 6.07) is 4.38. The van der Waals surface area contributed by atoms with Gasteiger partial charge in [0.25, 0.3) is 0 Å². The molecule has 100 valence electrons. The van der Waals surface area contributed by atoms with Crippen molar-refractivity contribution in [2.24, 2.45) is 0 Å². The number of nitrogens with zero attached hydrogens (tertiary/aromatic N) is 4. The van der Waals surface area contributed by atoms with Crippen LogP contribution in [-0.2, 0) is 0 Å². The molecule has 1 fully saturated rings. The normalized spacial score (nSPS) is 20.6. The fourth-order valence-electron chi connectivity index (χ4n) is 2.80. The van der Waals surface area contributed by atoms with Crippen molar-refractivity contribution >= 4 is 5.82 Å². The topological polar surface area (TPSA) is 60.0 Å². The van der Waals surface area contributed by atoms with Gasteiger partial charge < -0.3 is 15.2 Å². The molecule has 0 radical (unpaired) electrons. The van der Waals surface area contributed by atoms with Crippen LogP contribution in [0.5, 0.6) is 0 Å². The molecular weight excluding hydrogens is 238 g/mol. The molecule has 5 nitrogen and oxygen atoms in total. The Morgan fingerprint density at radius 3 is 3.11 bits per heavy atom. The number of nitrogens with two attached hydrogens (primary N) is 1.